The zero-order valence-electron chi connectivity index (χ0n) is 39.5. The first-order valence-corrected chi connectivity index (χ1v) is 24.5. The van der Waals surface area contributed by atoms with Crippen LogP contribution in [0, 0.1) is 50.2 Å². The van der Waals surface area contributed by atoms with E-state index in [0.717, 1.165) is 32.1 Å². The highest BCUT2D eigenvalue weighted by Crippen LogP contribution is 2.79. The van der Waals surface area contributed by atoms with Crippen LogP contribution in [0.5, 0.6) is 0 Å². The lowest BCUT2D eigenvalue weighted by Gasteiger charge is -2.73. The van der Waals surface area contributed by atoms with Gasteiger partial charge in [-0.15, -0.1) is 0 Å². The second kappa shape index (κ2) is 17.1. The second-order valence-electron chi connectivity index (χ2n) is 23.8. The van der Waals surface area contributed by atoms with Crippen LogP contribution in [0.15, 0.2) is 12.2 Å². The summed E-state index contributed by atoms with van der Waals surface area (Å²) in [5, 5.41) is 120. The predicted octanol–water partition coefficient (Wildman–Crippen LogP) is -0.399. The summed E-state index contributed by atoms with van der Waals surface area (Å²) in [6.07, 6.45) is -14.3. The molecule has 26 unspecified atom stereocenters. The first-order chi connectivity index (χ1) is 30.9. The topological polar surface area (TPSA) is 287 Å². The minimum absolute atomic E-state index is 0.0615. The van der Waals surface area contributed by atoms with Gasteiger partial charge < -0.3 is 89.3 Å². The van der Waals surface area contributed by atoms with Crippen molar-refractivity contribution < 1.29 is 89.3 Å². The van der Waals surface area contributed by atoms with Gasteiger partial charge in [-0.1, -0.05) is 53.7 Å². The standard InChI is InChI=1S/C48H78O18/c1-22-30(53)37(65-39-35(58)33(56)31(54)23(18-49)62-39)38(66-40-36(59)34(57)32(55)24(19-50)63-40)41(61-22)64-29-10-11-43(4)25(44(29,5)20-51)8-12-45(6)26(43)9-13-48-27-16-42(2,3)14-15-47(27,21-60-48)28(52)17-46(45,48)7/h9,13,22-41,49-59H,8,10-12,14-21H2,1-7H3. The molecule has 26 atom stereocenters. The van der Waals surface area contributed by atoms with Crippen LogP contribution in [0.2, 0.25) is 0 Å². The SMILES string of the molecule is CC1OC(OC2CCC3(C)C(CCC4(C)C3C=CC35OCC6(CCC(C)(C)CC63)C(O)CC45C)C2(C)CO)C(OC2OC(CO)C(O)C(O)C2O)C(OC2OC(CO)C(O)C(O)C2O)C1O. The fourth-order valence-corrected chi connectivity index (χ4v) is 15.8. The van der Waals surface area contributed by atoms with Crippen molar-refractivity contribution in [3.05, 3.63) is 12.2 Å². The summed E-state index contributed by atoms with van der Waals surface area (Å²) in [6.45, 7) is 14.1. The lowest BCUT2D eigenvalue weighted by Crippen LogP contribution is -2.72. The Morgan fingerprint density at radius 2 is 1.21 bits per heavy atom. The molecule has 11 N–H and O–H groups in total. The molecule has 0 aromatic rings. The fraction of sp³-hybridized carbons (Fsp3) is 0.958. The zero-order chi connectivity index (χ0) is 47.9. The van der Waals surface area contributed by atoms with Gasteiger partial charge in [0.25, 0.3) is 0 Å². The Labute approximate surface area is 387 Å². The number of aliphatic hydroxyl groups excluding tert-OH is 11. The van der Waals surface area contributed by atoms with Crippen molar-refractivity contribution in [2.24, 2.45) is 50.2 Å². The molecule has 0 amide bonds. The molecule has 1 spiro atoms. The molecule has 4 saturated heterocycles. The van der Waals surface area contributed by atoms with Gasteiger partial charge in [0.05, 0.1) is 50.3 Å². The van der Waals surface area contributed by atoms with Gasteiger partial charge in [0, 0.05) is 22.2 Å². The molecule has 5 aliphatic carbocycles. The van der Waals surface area contributed by atoms with E-state index < -0.39 is 129 Å². The molecule has 2 bridgehead atoms. The van der Waals surface area contributed by atoms with Gasteiger partial charge in [-0.3, -0.25) is 0 Å². The summed E-state index contributed by atoms with van der Waals surface area (Å²) < 4.78 is 44.4. The lowest BCUT2D eigenvalue weighted by atomic mass is 9.32. The minimum atomic E-state index is -1.88. The summed E-state index contributed by atoms with van der Waals surface area (Å²) in [4.78, 5) is 0. The van der Waals surface area contributed by atoms with Crippen LogP contribution in [0.25, 0.3) is 0 Å². The molecule has 18 heteroatoms. The molecule has 4 aliphatic heterocycles. The van der Waals surface area contributed by atoms with Crippen LogP contribution in [0.3, 0.4) is 0 Å². The number of fused-ring (bicyclic) bond motifs is 4. The van der Waals surface area contributed by atoms with Crippen LogP contribution in [-0.4, -0.2) is 193 Å². The number of ether oxygens (including phenoxy) is 7. The van der Waals surface area contributed by atoms with E-state index in [2.05, 4.69) is 46.8 Å². The Bertz CT molecular complexity index is 1800. The van der Waals surface area contributed by atoms with Gasteiger partial charge in [-0.05, 0) is 86.4 Å². The Morgan fingerprint density at radius 3 is 1.80 bits per heavy atom. The highest BCUT2D eigenvalue weighted by Gasteiger charge is 2.79. The van der Waals surface area contributed by atoms with Gasteiger partial charge >= 0.3 is 0 Å². The van der Waals surface area contributed by atoms with Crippen molar-refractivity contribution in [1.29, 1.82) is 0 Å². The molecule has 0 radical (unpaired) electrons. The van der Waals surface area contributed by atoms with E-state index in [4.69, 9.17) is 33.2 Å². The van der Waals surface area contributed by atoms with E-state index in [9.17, 15) is 56.2 Å². The molecule has 9 aliphatic rings. The molecule has 8 fully saturated rings. The summed E-state index contributed by atoms with van der Waals surface area (Å²) in [7, 11) is 0. The quantitative estimate of drug-likeness (QED) is 0.104. The van der Waals surface area contributed by atoms with E-state index in [0.29, 0.717) is 25.9 Å². The maximum absolute atomic E-state index is 12.3. The number of aliphatic hydroxyl groups is 11. The average Bonchev–Trinajstić information content (AvgIpc) is 3.55. The third kappa shape index (κ3) is 7.01. The van der Waals surface area contributed by atoms with Crippen molar-refractivity contribution in [2.45, 2.75) is 210 Å². The van der Waals surface area contributed by atoms with E-state index in [1.807, 2.05) is 6.92 Å². The monoisotopic (exact) mass is 943 g/mol. The predicted molar refractivity (Wildman–Crippen MR) is 229 cm³/mol. The molecular formula is C48H78O18. The molecule has 4 heterocycles. The first kappa shape index (κ1) is 50.0. The minimum Gasteiger partial charge on any atom is -0.396 e. The molecule has 4 saturated carbocycles. The highest BCUT2D eigenvalue weighted by molar-refractivity contribution is 5.36. The van der Waals surface area contributed by atoms with Crippen molar-refractivity contribution in [3.63, 3.8) is 0 Å². The van der Waals surface area contributed by atoms with E-state index in [-0.39, 0.29) is 51.4 Å². The Kier molecular flexibility index (Phi) is 12.9. The van der Waals surface area contributed by atoms with Gasteiger partial charge in [0.1, 0.15) is 67.1 Å². The van der Waals surface area contributed by atoms with Gasteiger partial charge in [0.15, 0.2) is 18.9 Å². The van der Waals surface area contributed by atoms with Crippen LogP contribution in [-0.2, 0) is 33.2 Å². The first-order valence-electron chi connectivity index (χ1n) is 24.5. The molecule has 9 rings (SSSR count). The largest absolute Gasteiger partial charge is 0.396 e. The fourth-order valence-electron chi connectivity index (χ4n) is 15.8. The number of hydrogen-bond donors (Lipinski definition) is 11. The molecule has 378 valence electrons. The van der Waals surface area contributed by atoms with Gasteiger partial charge in [-0.2, -0.15) is 0 Å². The Balaban J connectivity index is 1.03. The summed E-state index contributed by atoms with van der Waals surface area (Å²) in [5.74, 6) is 0.167. The van der Waals surface area contributed by atoms with Gasteiger partial charge in [0.2, 0.25) is 0 Å². The van der Waals surface area contributed by atoms with E-state index in [1.54, 1.807) is 6.92 Å². The van der Waals surface area contributed by atoms with Crippen molar-refractivity contribution in [3.8, 4) is 0 Å². The molecule has 0 aromatic carbocycles. The maximum atomic E-state index is 12.3. The maximum Gasteiger partial charge on any atom is 0.187 e. The number of rotatable bonds is 9. The number of hydrogen-bond acceptors (Lipinski definition) is 18. The smallest absolute Gasteiger partial charge is 0.187 e. The summed E-state index contributed by atoms with van der Waals surface area (Å²) >= 11 is 0. The van der Waals surface area contributed by atoms with Crippen molar-refractivity contribution in [2.75, 3.05) is 26.4 Å². The Hall–Kier alpha value is -0.980. The second-order valence-corrected chi connectivity index (χ2v) is 23.8. The van der Waals surface area contributed by atoms with Crippen molar-refractivity contribution >= 4 is 0 Å². The summed E-state index contributed by atoms with van der Waals surface area (Å²) in [5.41, 5.74) is -2.52. The lowest BCUT2D eigenvalue weighted by molar-refractivity contribution is -0.398. The van der Waals surface area contributed by atoms with E-state index in [1.165, 1.54) is 0 Å². The third-order valence-electron chi connectivity index (χ3n) is 20.0. The van der Waals surface area contributed by atoms with Crippen LogP contribution >= 0.6 is 0 Å². The molecule has 66 heavy (non-hydrogen) atoms. The molecule has 18 nitrogen and oxygen atoms in total. The number of allylic oxidation sites excluding steroid dienone is 1. The van der Waals surface area contributed by atoms with Crippen molar-refractivity contribution in [1.82, 2.24) is 0 Å². The molecule has 0 aromatic heterocycles. The van der Waals surface area contributed by atoms with Gasteiger partial charge in [-0.25, -0.2) is 0 Å². The van der Waals surface area contributed by atoms with E-state index >= 15 is 0 Å². The molecular weight excluding hydrogens is 865 g/mol. The third-order valence-corrected chi connectivity index (χ3v) is 20.0. The summed E-state index contributed by atoms with van der Waals surface area (Å²) in [6, 6.07) is 0. The zero-order valence-corrected chi connectivity index (χ0v) is 39.5. The Morgan fingerprint density at radius 1 is 0.606 bits per heavy atom. The van der Waals surface area contributed by atoms with Crippen LogP contribution in [0.1, 0.15) is 99.8 Å². The van der Waals surface area contributed by atoms with Crippen LogP contribution in [0.4, 0.5) is 0 Å². The normalized spacial score (nSPS) is 58.8. The average molecular weight is 943 g/mol. The van der Waals surface area contributed by atoms with Crippen LogP contribution < -0.4 is 0 Å². The highest BCUT2D eigenvalue weighted by atomic mass is 16.8.